The maximum atomic E-state index is 12.6. The van der Waals surface area contributed by atoms with Crippen molar-refractivity contribution in [2.24, 2.45) is 0 Å². The summed E-state index contributed by atoms with van der Waals surface area (Å²) in [5.41, 5.74) is 15.1. The van der Waals surface area contributed by atoms with Crippen LogP contribution in [0.3, 0.4) is 0 Å². The molecule has 28 heavy (non-hydrogen) atoms. The lowest BCUT2D eigenvalue weighted by Crippen LogP contribution is -2.27. The number of hydrogen-bond acceptors (Lipinski definition) is 4. The van der Waals surface area contributed by atoms with Crippen molar-refractivity contribution >= 4 is 34.6 Å². The number of nitrogens with zero attached hydrogens (tertiary/aromatic N) is 2. The molecule has 0 fully saturated rings. The van der Waals surface area contributed by atoms with Crippen molar-refractivity contribution in [3.05, 3.63) is 83.9 Å². The van der Waals surface area contributed by atoms with Gasteiger partial charge >= 0.3 is 0 Å². The molecule has 0 aliphatic heterocycles. The van der Waals surface area contributed by atoms with E-state index in [1.807, 2.05) is 0 Å². The molecule has 0 radical (unpaired) electrons. The Morgan fingerprint density at radius 2 is 0.857 bits per heavy atom. The molecular weight excluding hydrogens is 352 g/mol. The third-order valence-electron chi connectivity index (χ3n) is 4.55. The molecule has 0 heterocycles. The van der Waals surface area contributed by atoms with Gasteiger partial charge in [0.25, 0.3) is 11.8 Å². The van der Waals surface area contributed by atoms with Crippen LogP contribution in [-0.2, 0) is 0 Å². The highest BCUT2D eigenvalue weighted by atomic mass is 16.2. The average molecular weight is 374 g/mol. The first-order valence-electron chi connectivity index (χ1n) is 8.74. The van der Waals surface area contributed by atoms with E-state index in [1.165, 1.54) is 0 Å². The number of benzene rings is 3. The Hall–Kier alpha value is -3.80. The largest absolute Gasteiger partial charge is 0.399 e. The van der Waals surface area contributed by atoms with Crippen LogP contribution >= 0.6 is 0 Å². The molecule has 0 aliphatic rings. The Morgan fingerprint density at radius 1 is 0.571 bits per heavy atom. The highest BCUT2D eigenvalue weighted by molar-refractivity contribution is 6.07. The second-order valence-corrected chi connectivity index (χ2v) is 6.49. The summed E-state index contributed by atoms with van der Waals surface area (Å²) in [5.74, 6) is -0.280. The molecule has 0 saturated heterocycles. The predicted molar refractivity (Wildman–Crippen MR) is 114 cm³/mol. The summed E-state index contributed by atoms with van der Waals surface area (Å²) >= 11 is 0. The zero-order chi connectivity index (χ0) is 20.3. The Morgan fingerprint density at radius 3 is 1.14 bits per heavy atom. The van der Waals surface area contributed by atoms with Crippen LogP contribution in [-0.4, -0.2) is 25.9 Å². The third-order valence-corrected chi connectivity index (χ3v) is 4.55. The van der Waals surface area contributed by atoms with Crippen LogP contribution in [0.1, 0.15) is 20.7 Å². The lowest BCUT2D eigenvalue weighted by atomic mass is 10.1. The van der Waals surface area contributed by atoms with Gasteiger partial charge in [-0.3, -0.25) is 9.59 Å². The summed E-state index contributed by atoms with van der Waals surface area (Å²) in [7, 11) is 3.41. The highest BCUT2D eigenvalue weighted by Crippen LogP contribution is 2.22. The molecule has 2 amide bonds. The van der Waals surface area contributed by atoms with Gasteiger partial charge in [-0.2, -0.15) is 0 Å². The average Bonchev–Trinajstić information content (AvgIpc) is 2.73. The van der Waals surface area contributed by atoms with Crippen molar-refractivity contribution in [2.45, 2.75) is 0 Å². The van der Waals surface area contributed by atoms with E-state index in [2.05, 4.69) is 0 Å². The quantitative estimate of drug-likeness (QED) is 0.685. The monoisotopic (exact) mass is 374 g/mol. The number of rotatable bonds is 4. The Kier molecular flexibility index (Phi) is 5.31. The summed E-state index contributed by atoms with van der Waals surface area (Å²) in [5, 5.41) is 0. The van der Waals surface area contributed by atoms with Crippen molar-refractivity contribution in [3.8, 4) is 0 Å². The van der Waals surface area contributed by atoms with Gasteiger partial charge in [-0.1, -0.05) is 0 Å². The fourth-order valence-corrected chi connectivity index (χ4v) is 2.77. The molecule has 0 atom stereocenters. The van der Waals surface area contributed by atoms with E-state index in [0.29, 0.717) is 22.5 Å². The van der Waals surface area contributed by atoms with Crippen molar-refractivity contribution < 1.29 is 9.59 Å². The minimum atomic E-state index is -0.140. The molecule has 0 unspecified atom stereocenters. The van der Waals surface area contributed by atoms with Gasteiger partial charge in [0.05, 0.1) is 0 Å². The van der Waals surface area contributed by atoms with Crippen molar-refractivity contribution in [3.63, 3.8) is 0 Å². The Bertz CT molecular complexity index is 898. The molecule has 6 nitrogen and oxygen atoms in total. The zero-order valence-electron chi connectivity index (χ0n) is 15.8. The van der Waals surface area contributed by atoms with Gasteiger partial charge in [-0.25, -0.2) is 0 Å². The number of amides is 2. The van der Waals surface area contributed by atoms with E-state index in [9.17, 15) is 9.59 Å². The molecule has 6 heteroatoms. The van der Waals surface area contributed by atoms with Gasteiger partial charge < -0.3 is 21.3 Å². The topological polar surface area (TPSA) is 92.7 Å². The number of carbonyl (C=O) groups is 2. The van der Waals surface area contributed by atoms with Crippen LogP contribution in [0, 0.1) is 0 Å². The van der Waals surface area contributed by atoms with Gasteiger partial charge in [0.1, 0.15) is 0 Å². The summed E-state index contributed by atoms with van der Waals surface area (Å²) < 4.78 is 0. The SMILES string of the molecule is CN(C(=O)c1ccc(N)cc1)c1ccc(N(C)C(=O)c2ccc(N)cc2)cc1. The maximum Gasteiger partial charge on any atom is 0.258 e. The minimum absolute atomic E-state index is 0.140. The number of nitrogens with two attached hydrogens (primary N) is 2. The van der Waals surface area contributed by atoms with E-state index in [0.717, 1.165) is 11.4 Å². The minimum Gasteiger partial charge on any atom is -0.399 e. The lowest BCUT2D eigenvalue weighted by molar-refractivity contribution is 0.0984. The van der Waals surface area contributed by atoms with Crippen LogP contribution in [0.4, 0.5) is 22.7 Å². The third kappa shape index (κ3) is 3.96. The summed E-state index contributed by atoms with van der Waals surface area (Å²) in [6.07, 6.45) is 0. The van der Waals surface area contributed by atoms with Crippen LogP contribution in [0.25, 0.3) is 0 Å². The van der Waals surface area contributed by atoms with E-state index in [4.69, 9.17) is 11.5 Å². The number of anilines is 4. The Balaban J connectivity index is 1.75. The molecule has 142 valence electrons. The van der Waals surface area contributed by atoms with Gasteiger partial charge in [-0.05, 0) is 72.8 Å². The van der Waals surface area contributed by atoms with Gasteiger partial charge in [0, 0.05) is 48.0 Å². The zero-order valence-corrected chi connectivity index (χ0v) is 15.8. The van der Waals surface area contributed by atoms with E-state index >= 15 is 0 Å². The fourth-order valence-electron chi connectivity index (χ4n) is 2.77. The van der Waals surface area contributed by atoms with Gasteiger partial charge in [0.2, 0.25) is 0 Å². The number of nitrogen functional groups attached to an aromatic ring is 2. The first-order valence-corrected chi connectivity index (χ1v) is 8.74. The molecule has 3 rings (SSSR count). The summed E-state index contributed by atoms with van der Waals surface area (Å²) in [6, 6.07) is 20.8. The second kappa shape index (κ2) is 7.84. The summed E-state index contributed by atoms with van der Waals surface area (Å²) in [6.45, 7) is 0. The molecule has 4 N–H and O–H groups in total. The smallest absolute Gasteiger partial charge is 0.258 e. The molecular formula is C22H22N4O2. The molecule has 0 saturated carbocycles. The van der Waals surface area contributed by atoms with Crippen molar-refractivity contribution in [1.29, 1.82) is 0 Å². The molecule has 3 aromatic rings. The van der Waals surface area contributed by atoms with Crippen LogP contribution in [0.15, 0.2) is 72.8 Å². The number of hydrogen-bond donors (Lipinski definition) is 2. The fraction of sp³-hybridized carbons (Fsp3) is 0.0909. The molecule has 0 aromatic heterocycles. The van der Waals surface area contributed by atoms with Crippen LogP contribution < -0.4 is 21.3 Å². The first kappa shape index (κ1) is 19.0. The molecule has 0 aliphatic carbocycles. The van der Waals surface area contributed by atoms with Crippen molar-refractivity contribution in [1.82, 2.24) is 0 Å². The van der Waals surface area contributed by atoms with Crippen LogP contribution in [0.5, 0.6) is 0 Å². The van der Waals surface area contributed by atoms with E-state index < -0.39 is 0 Å². The number of carbonyl (C=O) groups excluding carboxylic acids is 2. The molecule has 3 aromatic carbocycles. The van der Waals surface area contributed by atoms with E-state index in [-0.39, 0.29) is 11.8 Å². The molecule has 0 bridgehead atoms. The first-order chi connectivity index (χ1) is 13.4. The van der Waals surface area contributed by atoms with E-state index in [1.54, 1.807) is 96.7 Å². The Labute approximate surface area is 164 Å². The second-order valence-electron chi connectivity index (χ2n) is 6.49. The van der Waals surface area contributed by atoms with Gasteiger partial charge in [0.15, 0.2) is 0 Å². The van der Waals surface area contributed by atoms with Crippen molar-refractivity contribution in [2.75, 3.05) is 35.4 Å². The molecule has 0 spiro atoms. The predicted octanol–water partition coefficient (Wildman–Crippen LogP) is 3.40. The lowest BCUT2D eigenvalue weighted by Gasteiger charge is -2.21. The standard InChI is InChI=1S/C22H22N4O2/c1-25(21(27)15-3-7-17(23)8-4-15)19-11-13-20(14-12-19)26(2)22(28)16-5-9-18(24)10-6-16/h3-14H,23-24H2,1-2H3. The summed E-state index contributed by atoms with van der Waals surface area (Å²) in [4.78, 5) is 28.3. The van der Waals surface area contributed by atoms with Crippen LogP contribution in [0.2, 0.25) is 0 Å². The highest BCUT2D eigenvalue weighted by Gasteiger charge is 2.16. The maximum absolute atomic E-state index is 12.6. The normalized spacial score (nSPS) is 10.4. The van der Waals surface area contributed by atoms with Gasteiger partial charge in [-0.15, -0.1) is 0 Å².